The lowest BCUT2D eigenvalue weighted by molar-refractivity contribution is -0.0296. The molecule has 31 heavy (non-hydrogen) atoms. The Labute approximate surface area is 184 Å². The molecule has 0 saturated carbocycles. The first kappa shape index (κ1) is 23.3. The molecule has 1 unspecified atom stereocenters. The van der Waals surface area contributed by atoms with E-state index in [1.165, 1.54) is 0 Å². The van der Waals surface area contributed by atoms with Gasteiger partial charge in [-0.15, -0.1) is 0 Å². The van der Waals surface area contributed by atoms with Gasteiger partial charge in [0.25, 0.3) is 5.91 Å². The van der Waals surface area contributed by atoms with Gasteiger partial charge in [0.15, 0.2) is 0 Å². The first-order valence-electron chi connectivity index (χ1n) is 11.0. The first-order chi connectivity index (χ1) is 15.1. The lowest BCUT2D eigenvalue weighted by Gasteiger charge is -2.36. The van der Waals surface area contributed by atoms with Crippen LogP contribution in [0, 0.1) is 0 Å². The van der Waals surface area contributed by atoms with Crippen molar-refractivity contribution in [2.75, 3.05) is 79.3 Å². The van der Waals surface area contributed by atoms with Crippen LogP contribution in [0.25, 0.3) is 0 Å². The Kier molecular flexibility index (Phi) is 8.93. The predicted octanol–water partition coefficient (Wildman–Crippen LogP) is 0.900. The molecule has 2 saturated heterocycles. The fourth-order valence-corrected chi connectivity index (χ4v) is 3.80. The van der Waals surface area contributed by atoms with Crippen LogP contribution in [-0.2, 0) is 9.47 Å². The van der Waals surface area contributed by atoms with Crippen molar-refractivity contribution in [1.82, 2.24) is 20.0 Å². The second-order valence-electron chi connectivity index (χ2n) is 7.71. The number of methoxy groups -OCH3 is 1. The van der Waals surface area contributed by atoms with E-state index in [-0.39, 0.29) is 18.0 Å². The highest BCUT2D eigenvalue weighted by molar-refractivity contribution is 5.94. The maximum Gasteiger partial charge on any atom is 0.317 e. The van der Waals surface area contributed by atoms with E-state index in [2.05, 4.69) is 10.2 Å². The molecule has 0 aromatic heterocycles. The van der Waals surface area contributed by atoms with Crippen LogP contribution >= 0.6 is 0 Å². The number of carbonyl (C=O) groups excluding carboxylic acids is 2. The number of morpholine rings is 2. The Hall–Kier alpha value is -2.36. The van der Waals surface area contributed by atoms with Gasteiger partial charge in [-0.05, 0) is 31.2 Å². The topological polar surface area (TPSA) is 83.6 Å². The van der Waals surface area contributed by atoms with Gasteiger partial charge in [0.1, 0.15) is 5.75 Å². The molecule has 0 radical (unpaired) electrons. The molecule has 1 aromatic carbocycles. The number of urea groups is 1. The van der Waals surface area contributed by atoms with Crippen LogP contribution in [-0.4, -0.2) is 112 Å². The molecule has 9 heteroatoms. The zero-order valence-corrected chi connectivity index (χ0v) is 18.5. The van der Waals surface area contributed by atoms with Crippen molar-refractivity contribution in [3.05, 3.63) is 29.8 Å². The molecule has 9 nitrogen and oxygen atoms in total. The quantitative estimate of drug-likeness (QED) is 0.655. The van der Waals surface area contributed by atoms with Crippen LogP contribution in [0.1, 0.15) is 17.3 Å². The van der Waals surface area contributed by atoms with E-state index in [9.17, 15) is 9.59 Å². The first-order valence-corrected chi connectivity index (χ1v) is 11.0. The summed E-state index contributed by atoms with van der Waals surface area (Å²) in [6.07, 6.45) is -0.219. The van der Waals surface area contributed by atoms with E-state index in [1.807, 2.05) is 11.8 Å². The summed E-state index contributed by atoms with van der Waals surface area (Å²) in [5, 5.41) is 2.84. The molecule has 2 fully saturated rings. The van der Waals surface area contributed by atoms with Crippen molar-refractivity contribution in [1.29, 1.82) is 0 Å². The van der Waals surface area contributed by atoms with Crippen LogP contribution in [0.3, 0.4) is 0 Å². The summed E-state index contributed by atoms with van der Waals surface area (Å²) >= 11 is 0. The van der Waals surface area contributed by atoms with E-state index in [4.69, 9.17) is 14.2 Å². The normalized spacial score (nSPS) is 19.7. The summed E-state index contributed by atoms with van der Waals surface area (Å²) in [7, 11) is 1.60. The number of benzene rings is 1. The molecule has 0 spiro atoms. The van der Waals surface area contributed by atoms with Gasteiger partial charge in [0.2, 0.25) is 0 Å². The number of carbonyl (C=O) groups is 2. The Morgan fingerprint density at radius 2 is 1.90 bits per heavy atom. The minimum absolute atomic E-state index is 0.0466. The maximum absolute atomic E-state index is 13.3. The summed E-state index contributed by atoms with van der Waals surface area (Å²) in [5.74, 6) is 0.666. The largest absolute Gasteiger partial charge is 0.497 e. The van der Waals surface area contributed by atoms with Crippen LogP contribution in [0.4, 0.5) is 4.79 Å². The number of rotatable bonds is 8. The molecule has 3 amide bonds. The number of nitrogens with zero attached hydrogens (tertiary/aromatic N) is 3. The van der Waals surface area contributed by atoms with Crippen molar-refractivity contribution >= 4 is 11.9 Å². The van der Waals surface area contributed by atoms with Crippen LogP contribution in [0.2, 0.25) is 0 Å². The Morgan fingerprint density at radius 3 is 2.58 bits per heavy atom. The molecule has 2 heterocycles. The molecule has 1 N–H and O–H groups in total. The highest BCUT2D eigenvalue weighted by Crippen LogP contribution is 2.15. The highest BCUT2D eigenvalue weighted by Gasteiger charge is 2.28. The molecule has 1 aromatic rings. The lowest BCUT2D eigenvalue weighted by atomic mass is 10.1. The van der Waals surface area contributed by atoms with E-state index in [0.717, 1.165) is 32.8 Å². The van der Waals surface area contributed by atoms with Crippen LogP contribution in [0.15, 0.2) is 24.3 Å². The second-order valence-corrected chi connectivity index (χ2v) is 7.71. The molecule has 172 valence electrons. The SMILES string of the molecule is CCNC(=O)N1CCOC(CN(CCN2CCOCC2)C(=O)c2ccc(OC)cc2)C1. The molecule has 2 aliphatic rings. The third kappa shape index (κ3) is 6.81. The van der Waals surface area contributed by atoms with E-state index >= 15 is 0 Å². The van der Waals surface area contributed by atoms with Gasteiger partial charge >= 0.3 is 6.03 Å². The standard InChI is InChI=1S/C22H34N4O5/c1-3-23-22(28)26-12-15-31-20(17-26)16-25(9-8-24-10-13-30-14-11-24)21(27)18-4-6-19(29-2)7-5-18/h4-7,20H,3,8-17H2,1-2H3,(H,23,28). The average molecular weight is 435 g/mol. The van der Waals surface area contributed by atoms with Gasteiger partial charge < -0.3 is 29.3 Å². The van der Waals surface area contributed by atoms with Crippen LogP contribution < -0.4 is 10.1 Å². The average Bonchev–Trinajstić information content (AvgIpc) is 2.82. The van der Waals surface area contributed by atoms with E-state index < -0.39 is 0 Å². The fraction of sp³-hybridized carbons (Fsp3) is 0.636. The molecule has 3 rings (SSSR count). The molecule has 0 bridgehead atoms. The Balaban J connectivity index is 1.66. The van der Waals surface area contributed by atoms with Crippen molar-refractivity contribution in [3.8, 4) is 5.75 Å². The predicted molar refractivity (Wildman–Crippen MR) is 117 cm³/mol. The number of nitrogens with one attached hydrogen (secondary N) is 1. The smallest absolute Gasteiger partial charge is 0.317 e. The number of ether oxygens (including phenoxy) is 3. The second kappa shape index (κ2) is 11.9. The molecular weight excluding hydrogens is 400 g/mol. The molecule has 1 atom stereocenters. The van der Waals surface area contributed by atoms with E-state index in [1.54, 1.807) is 36.3 Å². The van der Waals surface area contributed by atoms with Crippen LogP contribution in [0.5, 0.6) is 5.75 Å². The van der Waals surface area contributed by atoms with Gasteiger partial charge in [0.05, 0.1) is 39.6 Å². The lowest BCUT2D eigenvalue weighted by Crippen LogP contribution is -2.53. The minimum atomic E-state index is -0.219. The summed E-state index contributed by atoms with van der Waals surface area (Å²) in [4.78, 5) is 31.4. The number of amides is 3. The van der Waals surface area contributed by atoms with Crippen molar-refractivity contribution in [3.63, 3.8) is 0 Å². The highest BCUT2D eigenvalue weighted by atomic mass is 16.5. The third-order valence-corrected chi connectivity index (χ3v) is 5.59. The summed E-state index contributed by atoms with van der Waals surface area (Å²) in [6.45, 7) is 8.96. The van der Waals surface area contributed by atoms with Crippen molar-refractivity contribution < 1.29 is 23.8 Å². The van der Waals surface area contributed by atoms with Gasteiger partial charge in [0, 0.05) is 51.4 Å². The third-order valence-electron chi connectivity index (χ3n) is 5.59. The summed E-state index contributed by atoms with van der Waals surface area (Å²) in [6, 6.07) is 7.07. The zero-order chi connectivity index (χ0) is 22.1. The maximum atomic E-state index is 13.3. The zero-order valence-electron chi connectivity index (χ0n) is 18.5. The van der Waals surface area contributed by atoms with Gasteiger partial charge in [-0.2, -0.15) is 0 Å². The van der Waals surface area contributed by atoms with Gasteiger partial charge in [-0.1, -0.05) is 0 Å². The Bertz CT molecular complexity index is 708. The minimum Gasteiger partial charge on any atom is -0.497 e. The summed E-state index contributed by atoms with van der Waals surface area (Å²) in [5.41, 5.74) is 0.610. The number of hydrogen-bond donors (Lipinski definition) is 1. The molecule has 2 aliphatic heterocycles. The Morgan fingerprint density at radius 1 is 1.16 bits per heavy atom. The molecule has 0 aliphatic carbocycles. The van der Waals surface area contributed by atoms with Gasteiger partial charge in [-0.25, -0.2) is 4.79 Å². The van der Waals surface area contributed by atoms with Gasteiger partial charge in [-0.3, -0.25) is 9.69 Å². The molecular formula is C22H34N4O5. The van der Waals surface area contributed by atoms with Crippen molar-refractivity contribution in [2.45, 2.75) is 13.0 Å². The monoisotopic (exact) mass is 434 g/mol. The van der Waals surface area contributed by atoms with Crippen molar-refractivity contribution in [2.24, 2.45) is 0 Å². The fourth-order valence-electron chi connectivity index (χ4n) is 3.80. The van der Waals surface area contributed by atoms with E-state index in [0.29, 0.717) is 50.6 Å². The number of hydrogen-bond acceptors (Lipinski definition) is 6. The summed E-state index contributed by atoms with van der Waals surface area (Å²) < 4.78 is 16.5.